The van der Waals surface area contributed by atoms with Gasteiger partial charge in [-0.25, -0.2) is 4.68 Å². The van der Waals surface area contributed by atoms with Crippen molar-refractivity contribution >= 4 is 28.5 Å². The first-order valence-corrected chi connectivity index (χ1v) is 9.39. The van der Waals surface area contributed by atoms with E-state index in [4.69, 9.17) is 11.6 Å². The van der Waals surface area contributed by atoms with Crippen LogP contribution in [0.25, 0.3) is 11.0 Å². The molecule has 4 aromatic rings. The number of amides is 1. The van der Waals surface area contributed by atoms with E-state index in [1.807, 2.05) is 47.1 Å². The fraction of sp³-hybridized carbons (Fsp3) is 0.136. The van der Waals surface area contributed by atoms with Gasteiger partial charge in [0, 0.05) is 17.1 Å². The van der Waals surface area contributed by atoms with Crippen LogP contribution in [-0.2, 0) is 13.1 Å². The molecule has 0 radical (unpaired) electrons. The van der Waals surface area contributed by atoms with Crippen molar-refractivity contribution in [3.8, 4) is 0 Å². The van der Waals surface area contributed by atoms with Gasteiger partial charge in [-0.05, 0) is 47.9 Å². The summed E-state index contributed by atoms with van der Waals surface area (Å²) in [4.78, 5) is 12.5. The molecule has 0 spiro atoms. The smallest absolute Gasteiger partial charge is 0.251 e. The van der Waals surface area contributed by atoms with E-state index in [2.05, 4.69) is 34.7 Å². The lowest BCUT2D eigenvalue weighted by Crippen LogP contribution is -2.22. The topological polar surface area (TPSA) is 59.8 Å². The zero-order chi connectivity index (χ0) is 19.5. The summed E-state index contributed by atoms with van der Waals surface area (Å²) in [5.74, 6) is -0.171. The summed E-state index contributed by atoms with van der Waals surface area (Å²) in [6.45, 7) is 3.09. The van der Waals surface area contributed by atoms with Crippen molar-refractivity contribution in [3.63, 3.8) is 0 Å². The van der Waals surface area contributed by atoms with Crippen molar-refractivity contribution in [3.05, 3.63) is 94.0 Å². The Kier molecular flexibility index (Phi) is 5.08. The number of benzene rings is 3. The summed E-state index contributed by atoms with van der Waals surface area (Å²) < 4.78 is 1.85. The van der Waals surface area contributed by atoms with Crippen molar-refractivity contribution in [2.75, 3.05) is 0 Å². The zero-order valence-electron chi connectivity index (χ0n) is 15.4. The molecule has 1 aromatic heterocycles. The van der Waals surface area contributed by atoms with E-state index in [9.17, 15) is 4.79 Å². The van der Waals surface area contributed by atoms with E-state index < -0.39 is 0 Å². The van der Waals surface area contributed by atoms with Crippen LogP contribution in [0.3, 0.4) is 0 Å². The second-order valence-corrected chi connectivity index (χ2v) is 7.06. The number of nitrogens with zero attached hydrogens (tertiary/aromatic N) is 3. The maximum absolute atomic E-state index is 12.5. The minimum absolute atomic E-state index is 0.171. The van der Waals surface area contributed by atoms with Gasteiger partial charge in [0.2, 0.25) is 0 Å². The maximum atomic E-state index is 12.5. The molecular weight excluding hydrogens is 372 g/mol. The molecule has 0 saturated carbocycles. The van der Waals surface area contributed by atoms with Gasteiger partial charge in [-0.15, -0.1) is 5.10 Å². The normalized spacial score (nSPS) is 10.9. The van der Waals surface area contributed by atoms with Gasteiger partial charge in [-0.1, -0.05) is 59.3 Å². The number of hydrogen-bond acceptors (Lipinski definition) is 3. The van der Waals surface area contributed by atoms with Crippen LogP contribution in [-0.4, -0.2) is 20.9 Å². The van der Waals surface area contributed by atoms with E-state index in [-0.39, 0.29) is 5.91 Å². The number of aryl methyl sites for hydroxylation is 1. The molecule has 0 aliphatic rings. The summed E-state index contributed by atoms with van der Waals surface area (Å²) in [5.41, 5.74) is 5.41. The van der Waals surface area contributed by atoms with Crippen LogP contribution < -0.4 is 5.32 Å². The third-order valence-electron chi connectivity index (χ3n) is 4.75. The number of halogens is 1. The Morgan fingerprint density at radius 1 is 1.04 bits per heavy atom. The first kappa shape index (κ1) is 18.2. The van der Waals surface area contributed by atoms with Gasteiger partial charge < -0.3 is 5.32 Å². The molecule has 6 heteroatoms. The van der Waals surface area contributed by atoms with E-state index in [1.165, 1.54) is 11.1 Å². The molecule has 0 bridgehead atoms. The third kappa shape index (κ3) is 3.75. The molecule has 0 unspecified atom stereocenters. The Hall–Kier alpha value is -3.18. The molecule has 0 aliphatic carbocycles. The molecule has 4 rings (SSSR count). The maximum Gasteiger partial charge on any atom is 0.251 e. The number of nitrogens with one attached hydrogen (secondary N) is 1. The quantitative estimate of drug-likeness (QED) is 0.550. The third-order valence-corrected chi connectivity index (χ3v) is 5.12. The van der Waals surface area contributed by atoms with Crippen LogP contribution >= 0.6 is 11.6 Å². The first-order valence-electron chi connectivity index (χ1n) is 9.01. The summed E-state index contributed by atoms with van der Waals surface area (Å²) in [6, 6.07) is 21.1. The summed E-state index contributed by atoms with van der Waals surface area (Å²) >= 11 is 6.14. The van der Waals surface area contributed by atoms with Crippen molar-refractivity contribution in [2.45, 2.75) is 20.0 Å². The highest BCUT2D eigenvalue weighted by molar-refractivity contribution is 6.31. The molecule has 28 heavy (non-hydrogen) atoms. The van der Waals surface area contributed by atoms with Gasteiger partial charge >= 0.3 is 0 Å². The highest BCUT2D eigenvalue weighted by Gasteiger charge is 2.11. The second kappa shape index (κ2) is 7.82. The predicted octanol–water partition coefficient (Wildman–Crippen LogP) is 4.37. The molecule has 3 aromatic carbocycles. The number of aromatic nitrogens is 3. The van der Waals surface area contributed by atoms with Crippen molar-refractivity contribution in [1.29, 1.82) is 0 Å². The van der Waals surface area contributed by atoms with Crippen LogP contribution in [0, 0.1) is 6.92 Å². The Balaban J connectivity index is 1.51. The monoisotopic (exact) mass is 390 g/mol. The van der Waals surface area contributed by atoms with Gasteiger partial charge in [-0.3, -0.25) is 4.79 Å². The molecular formula is C22H19ClN4O. The van der Waals surface area contributed by atoms with Crippen molar-refractivity contribution in [2.24, 2.45) is 0 Å². The zero-order valence-corrected chi connectivity index (χ0v) is 16.1. The average molecular weight is 391 g/mol. The molecule has 1 N–H and O–H groups in total. The summed E-state index contributed by atoms with van der Waals surface area (Å²) in [7, 11) is 0. The minimum Gasteiger partial charge on any atom is -0.348 e. The lowest BCUT2D eigenvalue weighted by atomic mass is 10.1. The summed E-state index contributed by atoms with van der Waals surface area (Å²) in [5, 5.41) is 12.0. The van der Waals surface area contributed by atoms with Gasteiger partial charge in [0.15, 0.2) is 0 Å². The van der Waals surface area contributed by atoms with Crippen LogP contribution in [0.15, 0.2) is 66.7 Å². The van der Waals surface area contributed by atoms with E-state index in [1.54, 1.807) is 12.1 Å². The van der Waals surface area contributed by atoms with Gasteiger partial charge in [-0.2, -0.15) is 0 Å². The van der Waals surface area contributed by atoms with E-state index >= 15 is 0 Å². The number of rotatable bonds is 5. The first-order chi connectivity index (χ1) is 13.6. The lowest BCUT2D eigenvalue weighted by Gasteiger charge is -2.08. The average Bonchev–Trinajstić information content (AvgIpc) is 3.11. The highest BCUT2D eigenvalue weighted by atomic mass is 35.5. The lowest BCUT2D eigenvalue weighted by molar-refractivity contribution is 0.0951. The molecule has 1 heterocycles. The standard InChI is InChI=1S/C22H19ClN4O/c1-15-6-2-3-8-18(15)14-27-21-11-10-16(12-20(21)25-26-27)22(28)24-13-17-7-4-5-9-19(17)23/h2-12H,13-14H2,1H3,(H,24,28). The van der Waals surface area contributed by atoms with E-state index in [0.717, 1.165) is 11.1 Å². The molecule has 5 nitrogen and oxygen atoms in total. The number of hydrogen-bond donors (Lipinski definition) is 1. The second-order valence-electron chi connectivity index (χ2n) is 6.65. The van der Waals surface area contributed by atoms with Crippen LogP contribution in [0.1, 0.15) is 27.0 Å². The Labute approximate surface area is 167 Å². The number of carbonyl (C=O) groups is 1. The largest absolute Gasteiger partial charge is 0.348 e. The van der Waals surface area contributed by atoms with Gasteiger partial charge in [0.1, 0.15) is 5.52 Å². The fourth-order valence-corrected chi connectivity index (χ4v) is 3.30. The number of carbonyl (C=O) groups excluding carboxylic acids is 1. The predicted molar refractivity (Wildman–Crippen MR) is 110 cm³/mol. The van der Waals surface area contributed by atoms with Crippen molar-refractivity contribution < 1.29 is 4.79 Å². The van der Waals surface area contributed by atoms with E-state index in [0.29, 0.717) is 29.2 Å². The summed E-state index contributed by atoms with van der Waals surface area (Å²) in [6.07, 6.45) is 0. The van der Waals surface area contributed by atoms with Gasteiger partial charge in [0.25, 0.3) is 5.91 Å². The molecule has 0 atom stereocenters. The Morgan fingerprint density at radius 2 is 1.79 bits per heavy atom. The number of fused-ring (bicyclic) bond motifs is 1. The Morgan fingerprint density at radius 3 is 2.57 bits per heavy atom. The molecule has 0 saturated heterocycles. The van der Waals surface area contributed by atoms with Gasteiger partial charge in [0.05, 0.1) is 12.1 Å². The van der Waals surface area contributed by atoms with Crippen molar-refractivity contribution in [1.82, 2.24) is 20.3 Å². The van der Waals surface area contributed by atoms with Crippen LogP contribution in [0.4, 0.5) is 0 Å². The van der Waals surface area contributed by atoms with Crippen LogP contribution in [0.5, 0.6) is 0 Å². The highest BCUT2D eigenvalue weighted by Crippen LogP contribution is 2.18. The SMILES string of the molecule is Cc1ccccc1Cn1nnc2cc(C(=O)NCc3ccccc3Cl)ccc21. The van der Waals surface area contributed by atoms with Crippen LogP contribution in [0.2, 0.25) is 5.02 Å². The molecule has 0 aliphatic heterocycles. The molecule has 1 amide bonds. The molecule has 140 valence electrons. The fourth-order valence-electron chi connectivity index (χ4n) is 3.10. The Bertz CT molecular complexity index is 1150. The molecule has 0 fully saturated rings. The minimum atomic E-state index is -0.171.